The lowest BCUT2D eigenvalue weighted by atomic mass is 10.1. The Balaban J connectivity index is 2.84. The molecule has 18 heavy (non-hydrogen) atoms. The minimum absolute atomic E-state index is 0.0993. The first-order valence-electron chi connectivity index (χ1n) is 6.21. The van der Waals surface area contributed by atoms with E-state index in [1.807, 2.05) is 20.8 Å². The van der Waals surface area contributed by atoms with Gasteiger partial charge in [0.2, 0.25) is 0 Å². The maximum absolute atomic E-state index is 11.7. The van der Waals surface area contributed by atoms with Gasteiger partial charge in [0.15, 0.2) is 9.84 Å². The lowest BCUT2D eigenvalue weighted by Crippen LogP contribution is -2.17. The van der Waals surface area contributed by atoms with Crippen LogP contribution in [0.3, 0.4) is 0 Å². The summed E-state index contributed by atoms with van der Waals surface area (Å²) in [4.78, 5) is 0. The van der Waals surface area contributed by atoms with Crippen LogP contribution in [0.15, 0.2) is 0 Å². The van der Waals surface area contributed by atoms with Gasteiger partial charge in [-0.05, 0) is 27.2 Å². The Morgan fingerprint density at radius 3 is 2.39 bits per heavy atom. The van der Waals surface area contributed by atoms with Crippen LogP contribution in [0.1, 0.15) is 43.3 Å². The van der Waals surface area contributed by atoms with Crippen LogP contribution in [-0.4, -0.2) is 34.8 Å². The predicted molar refractivity (Wildman–Crippen MR) is 71.3 cm³/mol. The molecule has 0 bridgehead atoms. The van der Waals surface area contributed by atoms with Crippen molar-refractivity contribution in [2.45, 2.75) is 46.8 Å². The van der Waals surface area contributed by atoms with E-state index in [1.54, 1.807) is 11.6 Å². The summed E-state index contributed by atoms with van der Waals surface area (Å²) in [7, 11) is -2.99. The monoisotopic (exact) mass is 274 g/mol. The number of aromatic nitrogens is 2. The average molecular weight is 274 g/mol. The number of hydrogen-bond acceptors (Lipinski definition) is 4. The molecule has 1 unspecified atom stereocenters. The maximum Gasteiger partial charge on any atom is 0.152 e. The van der Waals surface area contributed by atoms with Crippen molar-refractivity contribution in [3.8, 4) is 0 Å². The molecule has 0 aromatic carbocycles. The SMILES string of the molecule is CCCS(=O)(=O)CCn1nc(C)c(C(C)O)c1C. The van der Waals surface area contributed by atoms with E-state index >= 15 is 0 Å². The molecule has 1 aromatic rings. The van der Waals surface area contributed by atoms with Gasteiger partial charge in [-0.25, -0.2) is 8.42 Å². The standard InChI is InChI=1S/C12H22N2O3S/c1-5-7-18(16,17)8-6-14-10(3)12(11(4)15)9(2)13-14/h11,15H,5-8H2,1-4H3. The zero-order valence-corrected chi connectivity index (χ0v) is 12.3. The van der Waals surface area contributed by atoms with Crippen LogP contribution >= 0.6 is 0 Å². The van der Waals surface area contributed by atoms with Gasteiger partial charge in [-0.3, -0.25) is 4.68 Å². The normalized spacial score (nSPS) is 13.8. The fourth-order valence-electron chi connectivity index (χ4n) is 2.17. The summed E-state index contributed by atoms with van der Waals surface area (Å²) >= 11 is 0. The zero-order valence-electron chi connectivity index (χ0n) is 11.5. The predicted octanol–water partition coefficient (Wildman–Crippen LogP) is 1.38. The third-order valence-electron chi connectivity index (χ3n) is 2.98. The molecule has 1 atom stereocenters. The summed E-state index contributed by atoms with van der Waals surface area (Å²) in [6.07, 6.45) is 0.0595. The van der Waals surface area contributed by atoms with Gasteiger partial charge in [0, 0.05) is 17.0 Å². The molecule has 0 aliphatic carbocycles. The second-order valence-corrected chi connectivity index (χ2v) is 6.94. The van der Waals surface area contributed by atoms with Crippen LogP contribution in [0.2, 0.25) is 0 Å². The Morgan fingerprint density at radius 2 is 1.94 bits per heavy atom. The molecule has 0 saturated heterocycles. The maximum atomic E-state index is 11.7. The van der Waals surface area contributed by atoms with Crippen LogP contribution in [0.5, 0.6) is 0 Å². The number of hydrogen-bond donors (Lipinski definition) is 1. The van der Waals surface area contributed by atoms with E-state index in [-0.39, 0.29) is 11.5 Å². The van der Waals surface area contributed by atoms with Crippen LogP contribution in [0.25, 0.3) is 0 Å². The van der Waals surface area contributed by atoms with Crippen LogP contribution in [0, 0.1) is 13.8 Å². The molecule has 0 spiro atoms. The fraction of sp³-hybridized carbons (Fsp3) is 0.750. The second-order valence-electron chi connectivity index (χ2n) is 4.64. The molecule has 1 N–H and O–H groups in total. The number of rotatable bonds is 6. The third-order valence-corrected chi connectivity index (χ3v) is 4.82. The molecule has 0 saturated carbocycles. The molecule has 0 radical (unpaired) electrons. The largest absolute Gasteiger partial charge is 0.389 e. The summed E-state index contributed by atoms with van der Waals surface area (Å²) in [5, 5.41) is 13.9. The number of aliphatic hydroxyl groups is 1. The molecule has 5 nitrogen and oxygen atoms in total. The molecule has 0 fully saturated rings. The lowest BCUT2D eigenvalue weighted by molar-refractivity contribution is 0.197. The van der Waals surface area contributed by atoms with Gasteiger partial charge in [-0.2, -0.15) is 5.10 Å². The van der Waals surface area contributed by atoms with Crippen LogP contribution < -0.4 is 0 Å². The van der Waals surface area contributed by atoms with Gasteiger partial charge in [-0.1, -0.05) is 6.92 Å². The van der Waals surface area contributed by atoms with Crippen molar-refractivity contribution < 1.29 is 13.5 Å². The minimum Gasteiger partial charge on any atom is -0.389 e. The molecule has 104 valence electrons. The second kappa shape index (κ2) is 5.84. The first-order valence-corrected chi connectivity index (χ1v) is 8.03. The minimum atomic E-state index is -2.99. The zero-order chi connectivity index (χ0) is 13.9. The molecule has 0 aliphatic heterocycles. The van der Waals surface area contributed by atoms with Crippen molar-refractivity contribution in [2.24, 2.45) is 0 Å². The van der Waals surface area contributed by atoms with Gasteiger partial charge in [0.1, 0.15) is 0 Å². The lowest BCUT2D eigenvalue weighted by Gasteiger charge is -2.07. The average Bonchev–Trinajstić information content (AvgIpc) is 2.51. The Labute approximate surface area is 109 Å². The summed E-state index contributed by atoms with van der Waals surface area (Å²) < 4.78 is 25.0. The van der Waals surface area contributed by atoms with E-state index in [1.165, 1.54) is 0 Å². The van der Waals surface area contributed by atoms with Crippen molar-refractivity contribution in [3.05, 3.63) is 17.0 Å². The van der Waals surface area contributed by atoms with Crippen LogP contribution in [0.4, 0.5) is 0 Å². The summed E-state index contributed by atoms with van der Waals surface area (Å²) in [5.41, 5.74) is 2.40. The third kappa shape index (κ3) is 3.55. The summed E-state index contributed by atoms with van der Waals surface area (Å²) in [6, 6.07) is 0. The molecule has 1 rings (SSSR count). The topological polar surface area (TPSA) is 72.2 Å². The molecule has 0 amide bonds. The number of nitrogens with zero attached hydrogens (tertiary/aromatic N) is 2. The Kier molecular flexibility index (Phi) is 4.92. The van der Waals surface area contributed by atoms with E-state index in [0.29, 0.717) is 13.0 Å². The first-order chi connectivity index (χ1) is 8.28. The van der Waals surface area contributed by atoms with E-state index in [4.69, 9.17) is 0 Å². The molecular formula is C12H22N2O3S. The Hall–Kier alpha value is -0.880. The van der Waals surface area contributed by atoms with Crippen molar-refractivity contribution in [1.29, 1.82) is 0 Å². The molecule has 6 heteroatoms. The molecular weight excluding hydrogens is 252 g/mol. The highest BCUT2D eigenvalue weighted by Gasteiger charge is 2.17. The smallest absolute Gasteiger partial charge is 0.152 e. The van der Waals surface area contributed by atoms with Crippen LogP contribution in [-0.2, 0) is 16.4 Å². The highest BCUT2D eigenvalue weighted by molar-refractivity contribution is 7.91. The van der Waals surface area contributed by atoms with Crippen molar-refractivity contribution >= 4 is 9.84 Å². The van der Waals surface area contributed by atoms with Gasteiger partial charge in [0.25, 0.3) is 0 Å². The summed E-state index contributed by atoms with van der Waals surface area (Å²) in [5.74, 6) is 0.317. The van der Waals surface area contributed by atoms with Gasteiger partial charge < -0.3 is 5.11 Å². The van der Waals surface area contributed by atoms with E-state index < -0.39 is 15.9 Å². The van der Waals surface area contributed by atoms with Gasteiger partial charge >= 0.3 is 0 Å². The van der Waals surface area contributed by atoms with Gasteiger partial charge in [-0.15, -0.1) is 0 Å². The van der Waals surface area contributed by atoms with Gasteiger partial charge in [0.05, 0.1) is 24.1 Å². The van der Waals surface area contributed by atoms with Crippen molar-refractivity contribution in [3.63, 3.8) is 0 Å². The highest BCUT2D eigenvalue weighted by atomic mass is 32.2. The molecule has 1 heterocycles. The molecule has 0 aliphatic rings. The molecule has 1 aromatic heterocycles. The Morgan fingerprint density at radius 1 is 1.33 bits per heavy atom. The Bertz CT molecular complexity index is 504. The van der Waals surface area contributed by atoms with Crippen molar-refractivity contribution in [2.75, 3.05) is 11.5 Å². The number of sulfone groups is 1. The quantitative estimate of drug-likeness (QED) is 0.850. The summed E-state index contributed by atoms with van der Waals surface area (Å²) in [6.45, 7) is 7.57. The highest BCUT2D eigenvalue weighted by Crippen LogP contribution is 2.20. The van der Waals surface area contributed by atoms with E-state index in [9.17, 15) is 13.5 Å². The number of aliphatic hydroxyl groups excluding tert-OH is 1. The van der Waals surface area contributed by atoms with E-state index in [2.05, 4.69) is 5.10 Å². The van der Waals surface area contributed by atoms with Crippen molar-refractivity contribution in [1.82, 2.24) is 9.78 Å². The fourth-order valence-corrected chi connectivity index (χ4v) is 3.45. The number of aryl methyl sites for hydroxylation is 2. The first kappa shape index (κ1) is 15.2. The van der Waals surface area contributed by atoms with E-state index in [0.717, 1.165) is 17.0 Å².